The fourth-order valence-corrected chi connectivity index (χ4v) is 4.10. The van der Waals surface area contributed by atoms with Gasteiger partial charge in [-0.05, 0) is 30.7 Å². The molecular formula is C24H22N4O4. The lowest BCUT2D eigenvalue weighted by molar-refractivity contribution is -0.132. The maximum atomic E-state index is 12.8. The molecule has 0 saturated carbocycles. The quantitative estimate of drug-likeness (QED) is 0.408. The van der Waals surface area contributed by atoms with Crippen LogP contribution in [-0.4, -0.2) is 40.3 Å². The zero-order valence-electron chi connectivity index (χ0n) is 17.4. The van der Waals surface area contributed by atoms with Crippen LogP contribution in [0, 0.1) is 0 Å². The molecule has 4 aromatic rings. The first-order valence-corrected chi connectivity index (χ1v) is 10.4. The smallest absolute Gasteiger partial charge is 0.325 e. The molecule has 0 aliphatic carbocycles. The van der Waals surface area contributed by atoms with E-state index in [1.54, 1.807) is 6.92 Å². The fraction of sp³-hybridized carbons (Fsp3) is 0.208. The summed E-state index contributed by atoms with van der Waals surface area (Å²) in [6.07, 6.45) is 2.19. The standard InChI is InChI=1S/C24H22N4O4/c1-14(21-11-15-6-2-5-9-20(15)32-21)26-22(29)13-28-23(30)19(27-24(28)31)10-16-12-25-18-8-4-3-7-17(16)18/h2-9,11-12,14,19,25H,10,13H2,1H3,(H,26,29)(H,27,31). The van der Waals surface area contributed by atoms with Crippen molar-refractivity contribution >= 4 is 39.7 Å². The molecule has 3 heterocycles. The second-order valence-corrected chi connectivity index (χ2v) is 7.97. The molecule has 2 aromatic carbocycles. The van der Waals surface area contributed by atoms with E-state index in [9.17, 15) is 14.4 Å². The highest BCUT2D eigenvalue weighted by Gasteiger charge is 2.39. The first kappa shape index (κ1) is 19.9. The molecule has 1 saturated heterocycles. The van der Waals surface area contributed by atoms with Crippen molar-refractivity contribution in [2.24, 2.45) is 0 Å². The highest BCUT2D eigenvalue weighted by atomic mass is 16.3. The van der Waals surface area contributed by atoms with Crippen LogP contribution in [0.5, 0.6) is 0 Å². The highest BCUT2D eigenvalue weighted by Crippen LogP contribution is 2.24. The average Bonchev–Trinajstić information content (AvgIpc) is 3.47. The minimum Gasteiger partial charge on any atom is -0.459 e. The first-order valence-electron chi connectivity index (χ1n) is 10.4. The Kier molecular flexibility index (Phi) is 4.89. The molecule has 5 rings (SSSR count). The summed E-state index contributed by atoms with van der Waals surface area (Å²) in [6.45, 7) is 1.45. The topological polar surface area (TPSA) is 107 Å². The van der Waals surface area contributed by atoms with Crippen molar-refractivity contribution in [3.63, 3.8) is 0 Å². The molecule has 8 nitrogen and oxygen atoms in total. The zero-order valence-corrected chi connectivity index (χ0v) is 17.4. The summed E-state index contributed by atoms with van der Waals surface area (Å²) in [6, 6.07) is 15.5. The van der Waals surface area contributed by atoms with Gasteiger partial charge in [0.1, 0.15) is 23.9 Å². The summed E-state index contributed by atoms with van der Waals surface area (Å²) in [7, 11) is 0. The Morgan fingerprint density at radius 2 is 1.94 bits per heavy atom. The van der Waals surface area contributed by atoms with Crippen molar-refractivity contribution in [2.75, 3.05) is 6.54 Å². The number of fused-ring (bicyclic) bond motifs is 2. The van der Waals surface area contributed by atoms with Gasteiger partial charge in [0, 0.05) is 28.9 Å². The molecule has 2 atom stereocenters. The largest absolute Gasteiger partial charge is 0.459 e. The summed E-state index contributed by atoms with van der Waals surface area (Å²) in [5.41, 5.74) is 2.64. The highest BCUT2D eigenvalue weighted by molar-refractivity contribution is 6.06. The monoisotopic (exact) mass is 430 g/mol. The van der Waals surface area contributed by atoms with Crippen LogP contribution < -0.4 is 10.6 Å². The summed E-state index contributed by atoms with van der Waals surface area (Å²) in [5.74, 6) is -0.241. The molecule has 4 amide bonds. The van der Waals surface area contributed by atoms with Gasteiger partial charge in [-0.3, -0.25) is 14.5 Å². The molecule has 2 aromatic heterocycles. The van der Waals surface area contributed by atoms with Gasteiger partial charge >= 0.3 is 6.03 Å². The molecule has 1 fully saturated rings. The number of para-hydroxylation sites is 2. The number of carbonyl (C=O) groups excluding carboxylic acids is 3. The number of nitrogens with one attached hydrogen (secondary N) is 3. The summed E-state index contributed by atoms with van der Waals surface area (Å²) >= 11 is 0. The number of carbonyl (C=O) groups is 3. The average molecular weight is 430 g/mol. The number of benzene rings is 2. The third-order valence-electron chi connectivity index (χ3n) is 5.76. The lowest BCUT2D eigenvalue weighted by atomic mass is 10.1. The van der Waals surface area contributed by atoms with Crippen molar-refractivity contribution in [1.82, 2.24) is 20.5 Å². The third kappa shape index (κ3) is 3.60. The van der Waals surface area contributed by atoms with Crippen molar-refractivity contribution in [3.8, 4) is 0 Å². The number of hydrogen-bond acceptors (Lipinski definition) is 4. The van der Waals surface area contributed by atoms with E-state index in [-0.39, 0.29) is 6.54 Å². The van der Waals surface area contributed by atoms with Crippen molar-refractivity contribution in [1.29, 1.82) is 0 Å². The Morgan fingerprint density at radius 3 is 2.78 bits per heavy atom. The van der Waals surface area contributed by atoms with E-state index in [1.165, 1.54) is 0 Å². The molecule has 32 heavy (non-hydrogen) atoms. The van der Waals surface area contributed by atoms with Crippen LogP contribution in [0.3, 0.4) is 0 Å². The Balaban J connectivity index is 1.23. The number of urea groups is 1. The van der Waals surface area contributed by atoms with Gasteiger partial charge in [0.2, 0.25) is 5.91 Å². The second-order valence-electron chi connectivity index (χ2n) is 7.97. The van der Waals surface area contributed by atoms with Crippen LogP contribution in [0.4, 0.5) is 4.79 Å². The predicted molar refractivity (Wildman–Crippen MR) is 119 cm³/mol. The van der Waals surface area contributed by atoms with Gasteiger partial charge in [0.05, 0.1) is 6.04 Å². The predicted octanol–water partition coefficient (Wildman–Crippen LogP) is 3.25. The number of amides is 4. The SMILES string of the molecule is CC(NC(=O)CN1C(=O)NC(Cc2c[nH]c3ccccc23)C1=O)c1cc2ccccc2o1. The van der Waals surface area contributed by atoms with Crippen LogP contribution in [0.25, 0.3) is 21.9 Å². The first-order chi connectivity index (χ1) is 15.5. The maximum Gasteiger partial charge on any atom is 0.325 e. The zero-order chi connectivity index (χ0) is 22.2. The minimum atomic E-state index is -0.706. The van der Waals surface area contributed by atoms with E-state index in [0.29, 0.717) is 12.2 Å². The Morgan fingerprint density at radius 1 is 1.16 bits per heavy atom. The number of rotatable bonds is 6. The van der Waals surface area contributed by atoms with E-state index < -0.39 is 29.9 Å². The number of aromatic nitrogens is 1. The Hall–Kier alpha value is -4.07. The molecule has 2 unspecified atom stereocenters. The van der Waals surface area contributed by atoms with Crippen LogP contribution >= 0.6 is 0 Å². The number of furan rings is 1. The molecule has 3 N–H and O–H groups in total. The molecule has 8 heteroatoms. The second kappa shape index (κ2) is 7.88. The molecule has 0 radical (unpaired) electrons. The normalized spacial score (nSPS) is 17.2. The Labute approximate surface area is 183 Å². The molecule has 0 spiro atoms. The van der Waals surface area contributed by atoms with Crippen molar-refractivity contribution in [3.05, 3.63) is 72.1 Å². The van der Waals surface area contributed by atoms with E-state index >= 15 is 0 Å². The van der Waals surface area contributed by atoms with E-state index in [2.05, 4.69) is 15.6 Å². The van der Waals surface area contributed by atoms with Crippen LogP contribution in [-0.2, 0) is 16.0 Å². The molecule has 0 bridgehead atoms. The van der Waals surface area contributed by atoms with Gasteiger partial charge in [-0.2, -0.15) is 0 Å². The summed E-state index contributed by atoms with van der Waals surface area (Å²) in [4.78, 5) is 41.9. The Bertz CT molecular complexity index is 1310. The van der Waals surface area contributed by atoms with Gasteiger partial charge in [0.25, 0.3) is 5.91 Å². The molecular weight excluding hydrogens is 408 g/mol. The summed E-state index contributed by atoms with van der Waals surface area (Å²) < 4.78 is 5.78. The third-order valence-corrected chi connectivity index (χ3v) is 5.76. The molecule has 162 valence electrons. The van der Waals surface area contributed by atoms with Crippen molar-refractivity contribution in [2.45, 2.75) is 25.4 Å². The lowest BCUT2D eigenvalue weighted by Crippen LogP contribution is -2.41. The number of nitrogens with zero attached hydrogens (tertiary/aromatic N) is 1. The van der Waals surface area contributed by atoms with Crippen LogP contribution in [0.15, 0.2) is 65.2 Å². The number of hydrogen-bond donors (Lipinski definition) is 3. The number of aromatic amines is 1. The van der Waals surface area contributed by atoms with Gasteiger partial charge < -0.3 is 20.0 Å². The number of H-pyrrole nitrogens is 1. The fourth-order valence-electron chi connectivity index (χ4n) is 4.10. The molecule has 1 aliphatic heterocycles. The van der Waals surface area contributed by atoms with Gasteiger partial charge in [-0.15, -0.1) is 0 Å². The van der Waals surface area contributed by atoms with Gasteiger partial charge in [-0.25, -0.2) is 4.79 Å². The number of imide groups is 1. The summed E-state index contributed by atoms with van der Waals surface area (Å²) in [5, 5.41) is 7.44. The van der Waals surface area contributed by atoms with Gasteiger partial charge in [0.15, 0.2) is 0 Å². The molecule has 1 aliphatic rings. The maximum absolute atomic E-state index is 12.8. The lowest BCUT2D eigenvalue weighted by Gasteiger charge is -2.15. The van der Waals surface area contributed by atoms with Crippen LogP contribution in [0.1, 0.15) is 24.3 Å². The van der Waals surface area contributed by atoms with Crippen LogP contribution in [0.2, 0.25) is 0 Å². The minimum absolute atomic E-state index is 0.348. The van der Waals surface area contributed by atoms with Crippen molar-refractivity contribution < 1.29 is 18.8 Å². The van der Waals surface area contributed by atoms with Gasteiger partial charge in [-0.1, -0.05) is 36.4 Å². The van der Waals surface area contributed by atoms with E-state index in [1.807, 2.05) is 60.8 Å². The van der Waals surface area contributed by atoms with E-state index in [4.69, 9.17) is 4.42 Å². The van der Waals surface area contributed by atoms with E-state index in [0.717, 1.165) is 32.3 Å².